The van der Waals surface area contributed by atoms with Gasteiger partial charge in [0.2, 0.25) is 0 Å². The first-order valence-electron chi connectivity index (χ1n) is 7.06. The number of nitrogens with zero attached hydrogens (tertiary/aromatic N) is 2. The number of hydrogen-bond acceptors (Lipinski definition) is 4. The second-order valence-corrected chi connectivity index (χ2v) is 5.45. The van der Waals surface area contributed by atoms with Crippen molar-refractivity contribution in [1.29, 1.82) is 5.26 Å². The van der Waals surface area contributed by atoms with E-state index in [-0.39, 0.29) is 17.9 Å². The maximum absolute atomic E-state index is 13.2. The summed E-state index contributed by atoms with van der Waals surface area (Å²) in [4.78, 5) is 14.9. The molecule has 0 spiro atoms. The summed E-state index contributed by atoms with van der Waals surface area (Å²) in [6, 6.07) is 1.58. The molecule has 2 rings (SSSR count). The Labute approximate surface area is 134 Å². The van der Waals surface area contributed by atoms with E-state index in [9.17, 15) is 26.7 Å². The van der Waals surface area contributed by atoms with Gasteiger partial charge in [-0.25, -0.2) is 18.6 Å². The van der Waals surface area contributed by atoms with Crippen molar-refractivity contribution in [2.45, 2.75) is 38.3 Å². The predicted octanol–water partition coefficient (Wildman–Crippen LogP) is 3.84. The molecular formula is C15H13F5N2O2. The van der Waals surface area contributed by atoms with E-state index in [0.29, 0.717) is 0 Å². The van der Waals surface area contributed by atoms with E-state index in [1.807, 2.05) is 0 Å². The van der Waals surface area contributed by atoms with E-state index in [0.717, 1.165) is 20.0 Å². The van der Waals surface area contributed by atoms with Crippen LogP contribution in [0.15, 0.2) is 0 Å². The molecule has 0 bridgehead atoms. The summed E-state index contributed by atoms with van der Waals surface area (Å²) in [5, 5.41) is 8.84. The number of methoxy groups -OCH3 is 1. The summed E-state index contributed by atoms with van der Waals surface area (Å²) >= 11 is 0. The Morgan fingerprint density at radius 3 is 2.42 bits per heavy atom. The van der Waals surface area contributed by atoms with Crippen LogP contribution in [0.1, 0.15) is 52.1 Å². The van der Waals surface area contributed by atoms with Crippen molar-refractivity contribution in [3.63, 3.8) is 0 Å². The third-order valence-corrected chi connectivity index (χ3v) is 3.75. The first kappa shape index (κ1) is 18.1. The number of alkyl halides is 5. The van der Waals surface area contributed by atoms with E-state index in [2.05, 4.69) is 9.72 Å². The van der Waals surface area contributed by atoms with Gasteiger partial charge in [0, 0.05) is 5.56 Å². The Morgan fingerprint density at radius 2 is 2.00 bits per heavy atom. The van der Waals surface area contributed by atoms with Crippen LogP contribution < -0.4 is 0 Å². The highest BCUT2D eigenvalue weighted by atomic mass is 19.4. The van der Waals surface area contributed by atoms with Crippen LogP contribution >= 0.6 is 0 Å². The largest absolute Gasteiger partial charge is 0.465 e. The minimum absolute atomic E-state index is 0.000134. The summed E-state index contributed by atoms with van der Waals surface area (Å²) in [7, 11) is 0.945. The van der Waals surface area contributed by atoms with Crippen LogP contribution in [-0.2, 0) is 23.8 Å². The standard InChI is InChI=1S/C15H13F5N2O2/c1-24-14(23)10-9(6-7-2-3-7)8(4-5-21)12(15(18,19)20)22-11(10)13(16)17/h7,13H,2-4,6H2,1H3. The highest BCUT2D eigenvalue weighted by Gasteiger charge is 2.41. The van der Waals surface area contributed by atoms with Crippen molar-refractivity contribution in [1.82, 2.24) is 4.98 Å². The normalized spacial score (nSPS) is 14.6. The number of rotatable bonds is 5. The molecule has 24 heavy (non-hydrogen) atoms. The van der Waals surface area contributed by atoms with Gasteiger partial charge in [-0.2, -0.15) is 18.4 Å². The smallest absolute Gasteiger partial charge is 0.433 e. The van der Waals surface area contributed by atoms with Crippen molar-refractivity contribution in [2.75, 3.05) is 7.11 Å². The lowest BCUT2D eigenvalue weighted by Crippen LogP contribution is -2.22. The monoisotopic (exact) mass is 348 g/mol. The molecule has 0 amide bonds. The zero-order valence-corrected chi connectivity index (χ0v) is 12.6. The lowest BCUT2D eigenvalue weighted by atomic mass is 9.92. The summed E-state index contributed by atoms with van der Waals surface area (Å²) in [5.41, 5.74) is -4.18. The minimum Gasteiger partial charge on any atom is -0.465 e. The van der Waals surface area contributed by atoms with Crippen molar-refractivity contribution in [3.05, 3.63) is 28.1 Å². The Hall–Kier alpha value is -2.24. The summed E-state index contributed by atoms with van der Waals surface area (Å²) < 4.78 is 70.6. The van der Waals surface area contributed by atoms with Crippen molar-refractivity contribution in [2.24, 2.45) is 5.92 Å². The SMILES string of the molecule is COC(=O)c1c(C(F)F)nc(C(F)(F)F)c(CC#N)c1CC1CC1. The Morgan fingerprint density at radius 1 is 1.38 bits per heavy atom. The number of aromatic nitrogens is 1. The molecule has 0 atom stereocenters. The molecule has 0 unspecified atom stereocenters. The maximum atomic E-state index is 13.2. The molecule has 4 nitrogen and oxygen atoms in total. The molecule has 1 heterocycles. The molecule has 130 valence electrons. The van der Waals surface area contributed by atoms with Crippen LogP contribution in [0.2, 0.25) is 0 Å². The van der Waals surface area contributed by atoms with Gasteiger partial charge in [-0.05, 0) is 30.7 Å². The van der Waals surface area contributed by atoms with Crippen LogP contribution in [0.3, 0.4) is 0 Å². The third-order valence-electron chi connectivity index (χ3n) is 3.75. The van der Waals surface area contributed by atoms with E-state index in [1.165, 1.54) is 0 Å². The lowest BCUT2D eigenvalue weighted by molar-refractivity contribution is -0.142. The molecule has 1 aliphatic carbocycles. The van der Waals surface area contributed by atoms with Gasteiger partial charge >= 0.3 is 12.1 Å². The molecule has 1 aliphatic rings. The Balaban J connectivity index is 2.82. The van der Waals surface area contributed by atoms with Gasteiger partial charge in [0.15, 0.2) is 0 Å². The van der Waals surface area contributed by atoms with Crippen LogP contribution in [-0.4, -0.2) is 18.1 Å². The Bertz CT molecular complexity index is 691. The zero-order chi connectivity index (χ0) is 18.1. The number of halogens is 5. The molecule has 0 aromatic carbocycles. The summed E-state index contributed by atoms with van der Waals surface area (Å²) in [6.45, 7) is 0. The average Bonchev–Trinajstić information content (AvgIpc) is 3.30. The number of nitriles is 1. The quantitative estimate of drug-likeness (QED) is 0.599. The van der Waals surface area contributed by atoms with Gasteiger partial charge in [-0.1, -0.05) is 0 Å². The number of carbonyl (C=O) groups is 1. The van der Waals surface area contributed by atoms with Gasteiger partial charge in [-0.15, -0.1) is 0 Å². The van der Waals surface area contributed by atoms with E-state index >= 15 is 0 Å². The third kappa shape index (κ3) is 3.63. The molecule has 1 saturated carbocycles. The van der Waals surface area contributed by atoms with Crippen LogP contribution in [0, 0.1) is 17.2 Å². The van der Waals surface area contributed by atoms with Gasteiger partial charge in [-0.3, -0.25) is 0 Å². The number of hydrogen-bond donors (Lipinski definition) is 0. The topological polar surface area (TPSA) is 63.0 Å². The lowest BCUT2D eigenvalue weighted by Gasteiger charge is -2.20. The van der Waals surface area contributed by atoms with Gasteiger partial charge in [0.1, 0.15) is 11.4 Å². The molecule has 1 aromatic rings. The first-order chi connectivity index (χ1) is 11.2. The van der Waals surface area contributed by atoms with Crippen LogP contribution in [0.25, 0.3) is 0 Å². The molecular weight excluding hydrogens is 335 g/mol. The van der Waals surface area contributed by atoms with Gasteiger partial charge in [0.05, 0.1) is 25.2 Å². The van der Waals surface area contributed by atoms with Crippen molar-refractivity contribution >= 4 is 5.97 Å². The van der Waals surface area contributed by atoms with E-state index in [1.54, 1.807) is 6.07 Å². The number of ether oxygens (including phenoxy) is 1. The summed E-state index contributed by atoms with van der Waals surface area (Å²) in [6.07, 6.45) is -7.62. The molecule has 1 fully saturated rings. The second-order valence-electron chi connectivity index (χ2n) is 5.45. The molecule has 1 aromatic heterocycles. The van der Waals surface area contributed by atoms with E-state index < -0.39 is 47.5 Å². The number of esters is 1. The maximum Gasteiger partial charge on any atom is 0.433 e. The molecule has 0 aliphatic heterocycles. The molecule has 0 N–H and O–H groups in total. The fourth-order valence-corrected chi connectivity index (χ4v) is 2.52. The van der Waals surface area contributed by atoms with Crippen LogP contribution in [0.5, 0.6) is 0 Å². The average molecular weight is 348 g/mol. The number of pyridine rings is 1. The predicted molar refractivity (Wildman–Crippen MR) is 71.3 cm³/mol. The molecule has 0 radical (unpaired) electrons. The van der Waals surface area contributed by atoms with E-state index in [4.69, 9.17) is 5.26 Å². The highest BCUT2D eigenvalue weighted by molar-refractivity contribution is 5.93. The second kappa shape index (κ2) is 6.71. The molecule has 9 heteroatoms. The number of carbonyl (C=O) groups excluding carboxylic acids is 1. The van der Waals surface area contributed by atoms with Crippen molar-refractivity contribution in [3.8, 4) is 6.07 Å². The molecule has 0 saturated heterocycles. The fourth-order valence-electron chi connectivity index (χ4n) is 2.52. The Kier molecular flexibility index (Phi) is 5.06. The summed E-state index contributed by atoms with van der Waals surface area (Å²) in [5.74, 6) is -1.18. The highest BCUT2D eigenvalue weighted by Crippen LogP contribution is 2.41. The van der Waals surface area contributed by atoms with Gasteiger partial charge in [0.25, 0.3) is 6.43 Å². The first-order valence-corrected chi connectivity index (χ1v) is 7.06. The van der Waals surface area contributed by atoms with Gasteiger partial charge < -0.3 is 4.74 Å². The zero-order valence-electron chi connectivity index (χ0n) is 12.6. The van der Waals surface area contributed by atoms with Crippen molar-refractivity contribution < 1.29 is 31.5 Å². The fraction of sp³-hybridized carbons (Fsp3) is 0.533. The van der Waals surface area contributed by atoms with Crippen LogP contribution in [0.4, 0.5) is 22.0 Å². The minimum atomic E-state index is -5.01.